The van der Waals surface area contributed by atoms with Crippen LogP contribution < -0.4 is 10.6 Å². The average Bonchev–Trinajstić information content (AvgIpc) is 3.05. The van der Waals surface area contributed by atoms with Gasteiger partial charge in [-0.15, -0.1) is 0 Å². The van der Waals surface area contributed by atoms with Crippen molar-refractivity contribution in [1.82, 2.24) is 15.5 Å². The zero-order chi connectivity index (χ0) is 17.8. The molecule has 0 aliphatic carbocycles. The summed E-state index contributed by atoms with van der Waals surface area (Å²) in [7, 11) is 0. The molecule has 0 unspecified atom stereocenters. The first-order valence-electron chi connectivity index (χ1n) is 8.22. The molecule has 3 rings (SSSR count). The molecule has 9 nitrogen and oxygen atoms in total. The van der Waals surface area contributed by atoms with Crippen molar-refractivity contribution in [3.63, 3.8) is 0 Å². The zero-order valence-corrected chi connectivity index (χ0v) is 13.6. The number of carbonyl (C=O) groups excluding carboxylic acids is 2. The summed E-state index contributed by atoms with van der Waals surface area (Å²) in [4.78, 5) is 35.9. The van der Waals surface area contributed by atoms with E-state index in [0.29, 0.717) is 18.5 Å². The number of rotatable bonds is 5. The Morgan fingerprint density at radius 3 is 2.64 bits per heavy atom. The molecule has 9 heteroatoms. The van der Waals surface area contributed by atoms with Crippen LogP contribution in [0.5, 0.6) is 0 Å². The van der Waals surface area contributed by atoms with Crippen LogP contribution in [0.3, 0.4) is 0 Å². The summed E-state index contributed by atoms with van der Waals surface area (Å²) in [5.41, 5.74) is 0.633. The van der Waals surface area contributed by atoms with E-state index < -0.39 is 17.1 Å². The van der Waals surface area contributed by atoms with Gasteiger partial charge >= 0.3 is 6.09 Å². The third-order valence-corrected chi connectivity index (χ3v) is 4.47. The number of benzene rings is 1. The quantitative estimate of drug-likeness (QED) is 0.600. The first-order valence-corrected chi connectivity index (χ1v) is 8.22. The van der Waals surface area contributed by atoms with Crippen molar-refractivity contribution in [3.8, 4) is 0 Å². The topological polar surface area (TPSA) is 114 Å². The monoisotopic (exact) mass is 348 g/mol. The third-order valence-electron chi connectivity index (χ3n) is 4.47. The SMILES string of the molecule is O=C(N[C@H]1CCNC1)[C@@H]1CCN1C(=O)OCc1ccc([N+](=O)[O-])cc1. The number of carbonyl (C=O) groups is 2. The number of nitro groups is 1. The standard InChI is InChI=1S/C16H20N4O5/c21-15(18-12-5-7-17-9-12)14-6-8-19(14)16(22)25-10-11-1-3-13(4-2-11)20(23)24/h1-4,12,14,17H,5-10H2,(H,18,21)/t12-,14-/m0/s1. The fourth-order valence-corrected chi connectivity index (χ4v) is 2.90. The second-order valence-corrected chi connectivity index (χ2v) is 6.17. The van der Waals surface area contributed by atoms with E-state index in [1.807, 2.05) is 0 Å². The summed E-state index contributed by atoms with van der Waals surface area (Å²) in [5.74, 6) is -0.146. The van der Waals surface area contributed by atoms with Crippen LogP contribution in [0.25, 0.3) is 0 Å². The molecular formula is C16H20N4O5. The summed E-state index contributed by atoms with van der Waals surface area (Å²) in [6, 6.07) is 5.44. The molecule has 2 aliphatic heterocycles. The van der Waals surface area contributed by atoms with Crippen molar-refractivity contribution in [2.24, 2.45) is 0 Å². The largest absolute Gasteiger partial charge is 0.445 e. The molecule has 1 aromatic rings. The van der Waals surface area contributed by atoms with E-state index in [9.17, 15) is 19.7 Å². The second-order valence-electron chi connectivity index (χ2n) is 6.17. The number of non-ortho nitro benzene ring substituents is 1. The van der Waals surface area contributed by atoms with Gasteiger partial charge in [-0.2, -0.15) is 0 Å². The molecule has 0 spiro atoms. The van der Waals surface area contributed by atoms with Crippen molar-refractivity contribution >= 4 is 17.7 Å². The highest BCUT2D eigenvalue weighted by atomic mass is 16.6. The maximum atomic E-state index is 12.2. The van der Waals surface area contributed by atoms with Gasteiger partial charge in [0.1, 0.15) is 12.6 Å². The van der Waals surface area contributed by atoms with Gasteiger partial charge in [-0.25, -0.2) is 4.79 Å². The van der Waals surface area contributed by atoms with Gasteiger partial charge in [-0.05, 0) is 37.1 Å². The van der Waals surface area contributed by atoms with Crippen molar-refractivity contribution < 1.29 is 19.2 Å². The number of amides is 2. The number of nitro benzene ring substituents is 1. The van der Waals surface area contributed by atoms with Gasteiger partial charge < -0.3 is 15.4 Å². The molecule has 2 fully saturated rings. The van der Waals surface area contributed by atoms with Gasteiger partial charge in [0.25, 0.3) is 5.69 Å². The lowest BCUT2D eigenvalue weighted by molar-refractivity contribution is -0.384. The van der Waals surface area contributed by atoms with Crippen molar-refractivity contribution in [1.29, 1.82) is 0 Å². The summed E-state index contributed by atoms with van der Waals surface area (Å²) in [5, 5.41) is 16.7. The number of ether oxygens (including phenoxy) is 1. The van der Waals surface area contributed by atoms with E-state index in [1.165, 1.54) is 17.0 Å². The Morgan fingerprint density at radius 1 is 1.32 bits per heavy atom. The third kappa shape index (κ3) is 4.05. The second kappa shape index (κ2) is 7.47. The summed E-state index contributed by atoms with van der Waals surface area (Å²) in [6.45, 7) is 2.13. The maximum absolute atomic E-state index is 12.2. The molecule has 2 heterocycles. The van der Waals surface area contributed by atoms with Crippen LogP contribution in [0.4, 0.5) is 10.5 Å². The number of nitrogens with one attached hydrogen (secondary N) is 2. The molecule has 2 N–H and O–H groups in total. The van der Waals surface area contributed by atoms with E-state index in [-0.39, 0.29) is 24.2 Å². The smallest absolute Gasteiger partial charge is 0.410 e. The molecule has 2 amide bonds. The van der Waals surface area contributed by atoms with Crippen LogP contribution in [0, 0.1) is 10.1 Å². The Hall–Kier alpha value is -2.68. The molecule has 0 aromatic heterocycles. The fourth-order valence-electron chi connectivity index (χ4n) is 2.90. The van der Waals surface area contributed by atoms with E-state index in [2.05, 4.69) is 10.6 Å². The van der Waals surface area contributed by atoms with Crippen LogP contribution in [-0.2, 0) is 16.1 Å². The highest BCUT2D eigenvalue weighted by Crippen LogP contribution is 2.20. The molecule has 0 saturated carbocycles. The zero-order valence-electron chi connectivity index (χ0n) is 13.6. The summed E-state index contributed by atoms with van der Waals surface area (Å²) >= 11 is 0. The summed E-state index contributed by atoms with van der Waals surface area (Å²) in [6.07, 6.45) is 0.969. The van der Waals surface area contributed by atoms with E-state index >= 15 is 0 Å². The van der Waals surface area contributed by atoms with E-state index in [0.717, 1.165) is 19.5 Å². The number of nitrogens with zero attached hydrogens (tertiary/aromatic N) is 2. The van der Waals surface area contributed by atoms with Crippen LogP contribution >= 0.6 is 0 Å². The fraction of sp³-hybridized carbons (Fsp3) is 0.500. The lowest BCUT2D eigenvalue weighted by Crippen LogP contribution is -2.59. The van der Waals surface area contributed by atoms with Gasteiger partial charge in [-0.3, -0.25) is 19.8 Å². The molecule has 134 valence electrons. The Balaban J connectivity index is 1.47. The minimum atomic E-state index is -0.547. The molecule has 1 aromatic carbocycles. The first-order chi connectivity index (χ1) is 12.0. The van der Waals surface area contributed by atoms with Crippen molar-refractivity contribution in [2.45, 2.75) is 31.5 Å². The van der Waals surface area contributed by atoms with Gasteiger partial charge in [0.05, 0.1) is 4.92 Å². The predicted octanol–water partition coefficient (Wildman–Crippen LogP) is 0.784. The molecule has 2 aliphatic rings. The number of hydrogen-bond acceptors (Lipinski definition) is 6. The Kier molecular flexibility index (Phi) is 5.13. The minimum Gasteiger partial charge on any atom is -0.445 e. The lowest BCUT2D eigenvalue weighted by Gasteiger charge is -2.39. The maximum Gasteiger partial charge on any atom is 0.410 e. The molecule has 25 heavy (non-hydrogen) atoms. The van der Waals surface area contributed by atoms with Gasteiger partial charge in [0, 0.05) is 31.3 Å². The van der Waals surface area contributed by atoms with Crippen LogP contribution in [0.15, 0.2) is 24.3 Å². The van der Waals surface area contributed by atoms with E-state index in [1.54, 1.807) is 12.1 Å². The predicted molar refractivity (Wildman–Crippen MR) is 87.8 cm³/mol. The molecule has 0 radical (unpaired) electrons. The Bertz CT molecular complexity index is 657. The van der Waals surface area contributed by atoms with Gasteiger partial charge in [-0.1, -0.05) is 0 Å². The lowest BCUT2D eigenvalue weighted by atomic mass is 10.0. The van der Waals surface area contributed by atoms with Gasteiger partial charge in [0.15, 0.2) is 0 Å². The van der Waals surface area contributed by atoms with Gasteiger partial charge in [0.2, 0.25) is 5.91 Å². The van der Waals surface area contributed by atoms with Crippen LogP contribution in [0.2, 0.25) is 0 Å². The average molecular weight is 348 g/mol. The molecule has 2 saturated heterocycles. The minimum absolute atomic E-state index is 0.00815. The normalized spacial score (nSPS) is 22.2. The number of likely N-dealkylation sites (tertiary alicyclic amines) is 1. The first kappa shape index (κ1) is 17.2. The number of hydrogen-bond donors (Lipinski definition) is 2. The Labute approximate surface area is 144 Å². The Morgan fingerprint density at radius 2 is 2.08 bits per heavy atom. The molecule has 2 atom stereocenters. The van der Waals surface area contributed by atoms with E-state index in [4.69, 9.17) is 4.74 Å². The van der Waals surface area contributed by atoms with Crippen molar-refractivity contribution in [2.75, 3.05) is 19.6 Å². The van der Waals surface area contributed by atoms with Crippen LogP contribution in [-0.4, -0.2) is 53.5 Å². The summed E-state index contributed by atoms with van der Waals surface area (Å²) < 4.78 is 5.21. The molecule has 0 bridgehead atoms. The molecular weight excluding hydrogens is 328 g/mol. The highest BCUT2D eigenvalue weighted by Gasteiger charge is 2.39. The van der Waals surface area contributed by atoms with Crippen molar-refractivity contribution in [3.05, 3.63) is 39.9 Å². The van der Waals surface area contributed by atoms with Crippen LogP contribution in [0.1, 0.15) is 18.4 Å². The highest BCUT2D eigenvalue weighted by molar-refractivity contribution is 5.87.